The summed E-state index contributed by atoms with van der Waals surface area (Å²) in [6.45, 7) is 1.78. The van der Waals surface area contributed by atoms with E-state index in [9.17, 15) is 10.1 Å². The topological polar surface area (TPSA) is 64.2 Å². The minimum Gasteiger partial charge on any atom is -0.358 e. The van der Waals surface area contributed by atoms with Crippen molar-refractivity contribution in [3.05, 3.63) is 16.4 Å². The van der Waals surface area contributed by atoms with Gasteiger partial charge in [-0.2, -0.15) is 0 Å². The molecular weight excluding hydrogens is 196 g/mol. The zero-order chi connectivity index (χ0) is 10.8. The summed E-state index contributed by atoms with van der Waals surface area (Å²) in [7, 11) is 1.80. The van der Waals surface area contributed by atoms with Crippen LogP contribution in [0.25, 0.3) is 0 Å². The van der Waals surface area contributed by atoms with E-state index in [1.54, 1.807) is 11.6 Å². The molecule has 0 radical (unpaired) electrons. The van der Waals surface area contributed by atoms with E-state index in [2.05, 4.69) is 9.88 Å². The molecule has 0 amide bonds. The van der Waals surface area contributed by atoms with Gasteiger partial charge in [0.05, 0.1) is 0 Å². The van der Waals surface area contributed by atoms with E-state index in [1.807, 2.05) is 0 Å². The van der Waals surface area contributed by atoms with Crippen molar-refractivity contribution in [3.63, 3.8) is 0 Å². The van der Waals surface area contributed by atoms with Gasteiger partial charge >= 0.3 is 5.82 Å². The number of nitro groups is 1. The third-order valence-corrected chi connectivity index (χ3v) is 2.72. The SMILES string of the molecule is Cn1cnc([N+](=O)[O-])c1N1CCCCC1. The Labute approximate surface area is 87.7 Å². The van der Waals surface area contributed by atoms with Crippen molar-refractivity contribution in [2.75, 3.05) is 18.0 Å². The van der Waals surface area contributed by atoms with E-state index in [4.69, 9.17) is 0 Å². The van der Waals surface area contributed by atoms with E-state index in [1.165, 1.54) is 12.7 Å². The minimum absolute atomic E-state index is 0.0283. The quantitative estimate of drug-likeness (QED) is 0.545. The number of rotatable bonds is 2. The highest BCUT2D eigenvalue weighted by molar-refractivity contribution is 5.54. The Morgan fingerprint density at radius 1 is 1.40 bits per heavy atom. The molecule has 1 aromatic heterocycles. The van der Waals surface area contributed by atoms with Gasteiger partial charge in [-0.3, -0.25) is 4.57 Å². The number of imidazole rings is 1. The Balaban J connectivity index is 2.32. The normalized spacial score (nSPS) is 16.7. The summed E-state index contributed by atoms with van der Waals surface area (Å²) in [5, 5.41) is 10.8. The van der Waals surface area contributed by atoms with Gasteiger partial charge in [0.15, 0.2) is 0 Å². The van der Waals surface area contributed by atoms with Gasteiger partial charge in [-0.15, -0.1) is 0 Å². The molecule has 0 saturated carbocycles. The number of aromatic nitrogens is 2. The van der Waals surface area contributed by atoms with Crippen LogP contribution in [0.15, 0.2) is 6.33 Å². The van der Waals surface area contributed by atoms with E-state index < -0.39 is 4.92 Å². The lowest BCUT2D eigenvalue weighted by atomic mass is 10.1. The van der Waals surface area contributed by atoms with Crippen LogP contribution in [-0.2, 0) is 7.05 Å². The maximum atomic E-state index is 10.8. The van der Waals surface area contributed by atoms with Crippen molar-refractivity contribution in [2.45, 2.75) is 19.3 Å². The second kappa shape index (κ2) is 3.88. The highest BCUT2D eigenvalue weighted by Crippen LogP contribution is 2.28. The summed E-state index contributed by atoms with van der Waals surface area (Å²) in [5.41, 5.74) is 0. The van der Waals surface area contributed by atoms with Crippen LogP contribution in [-0.4, -0.2) is 27.6 Å². The maximum absolute atomic E-state index is 10.8. The predicted molar refractivity (Wildman–Crippen MR) is 55.9 cm³/mol. The average Bonchev–Trinajstić information content (AvgIpc) is 2.61. The lowest BCUT2D eigenvalue weighted by molar-refractivity contribution is -0.388. The molecule has 0 atom stereocenters. The summed E-state index contributed by atoms with van der Waals surface area (Å²) < 4.78 is 1.73. The van der Waals surface area contributed by atoms with Crippen LogP contribution in [0, 0.1) is 10.1 Å². The summed E-state index contributed by atoms with van der Waals surface area (Å²) in [4.78, 5) is 16.2. The predicted octanol–water partition coefficient (Wildman–Crippen LogP) is 1.32. The van der Waals surface area contributed by atoms with Gasteiger partial charge in [0.25, 0.3) is 0 Å². The summed E-state index contributed by atoms with van der Waals surface area (Å²) in [5.74, 6) is 0.610. The number of aryl methyl sites for hydroxylation is 1. The first-order chi connectivity index (χ1) is 7.20. The monoisotopic (exact) mass is 210 g/mol. The van der Waals surface area contributed by atoms with Gasteiger partial charge in [0.1, 0.15) is 0 Å². The van der Waals surface area contributed by atoms with Crippen molar-refractivity contribution in [3.8, 4) is 0 Å². The van der Waals surface area contributed by atoms with Crippen molar-refractivity contribution < 1.29 is 4.92 Å². The number of hydrogen-bond donors (Lipinski definition) is 0. The van der Waals surface area contributed by atoms with Gasteiger partial charge in [-0.05, 0) is 29.2 Å². The molecule has 0 bridgehead atoms. The third kappa shape index (κ3) is 1.79. The van der Waals surface area contributed by atoms with Crippen LogP contribution in [0.1, 0.15) is 19.3 Å². The molecule has 1 aliphatic heterocycles. The fraction of sp³-hybridized carbons (Fsp3) is 0.667. The van der Waals surface area contributed by atoms with Crippen LogP contribution < -0.4 is 4.90 Å². The number of hydrogen-bond acceptors (Lipinski definition) is 4. The lowest BCUT2D eigenvalue weighted by Gasteiger charge is -2.27. The van der Waals surface area contributed by atoms with Gasteiger partial charge in [0, 0.05) is 20.1 Å². The number of nitrogens with zero attached hydrogens (tertiary/aromatic N) is 4. The third-order valence-electron chi connectivity index (χ3n) is 2.72. The molecule has 1 aliphatic rings. The van der Waals surface area contributed by atoms with Gasteiger partial charge in [0.2, 0.25) is 12.1 Å². The molecule has 0 spiro atoms. The Morgan fingerprint density at radius 2 is 2.07 bits per heavy atom. The van der Waals surface area contributed by atoms with Gasteiger partial charge in [-0.25, -0.2) is 0 Å². The highest BCUT2D eigenvalue weighted by atomic mass is 16.6. The van der Waals surface area contributed by atoms with Crippen molar-refractivity contribution in [1.29, 1.82) is 0 Å². The van der Waals surface area contributed by atoms with Crippen LogP contribution >= 0.6 is 0 Å². The first kappa shape index (κ1) is 9.95. The molecule has 0 N–H and O–H groups in total. The van der Waals surface area contributed by atoms with Crippen molar-refractivity contribution >= 4 is 11.6 Å². The molecule has 2 rings (SSSR count). The minimum atomic E-state index is -0.413. The van der Waals surface area contributed by atoms with Gasteiger partial charge in [-0.1, -0.05) is 0 Å². The van der Waals surface area contributed by atoms with Crippen LogP contribution in [0.3, 0.4) is 0 Å². The molecule has 82 valence electrons. The lowest BCUT2D eigenvalue weighted by Crippen LogP contribution is -2.31. The maximum Gasteiger partial charge on any atom is 0.406 e. The second-order valence-corrected chi connectivity index (χ2v) is 3.81. The molecule has 15 heavy (non-hydrogen) atoms. The molecule has 2 heterocycles. The molecule has 1 fully saturated rings. The highest BCUT2D eigenvalue weighted by Gasteiger charge is 2.26. The van der Waals surface area contributed by atoms with E-state index in [0.717, 1.165) is 25.9 Å². The Hall–Kier alpha value is -1.59. The Morgan fingerprint density at radius 3 is 2.67 bits per heavy atom. The van der Waals surface area contributed by atoms with Gasteiger partial charge < -0.3 is 15.0 Å². The first-order valence-electron chi connectivity index (χ1n) is 5.11. The Bertz CT molecular complexity index is 368. The van der Waals surface area contributed by atoms with E-state index >= 15 is 0 Å². The summed E-state index contributed by atoms with van der Waals surface area (Å²) >= 11 is 0. The zero-order valence-electron chi connectivity index (χ0n) is 8.72. The Kier molecular flexibility index (Phi) is 2.57. The fourth-order valence-electron chi connectivity index (χ4n) is 2.01. The molecule has 0 unspecified atom stereocenters. The fourth-order valence-corrected chi connectivity index (χ4v) is 2.01. The molecule has 0 aromatic carbocycles. The zero-order valence-corrected chi connectivity index (χ0v) is 8.72. The van der Waals surface area contributed by atoms with Crippen LogP contribution in [0.2, 0.25) is 0 Å². The van der Waals surface area contributed by atoms with E-state index in [-0.39, 0.29) is 5.82 Å². The van der Waals surface area contributed by atoms with Crippen LogP contribution in [0.4, 0.5) is 11.6 Å². The first-order valence-corrected chi connectivity index (χ1v) is 5.11. The molecule has 1 aromatic rings. The largest absolute Gasteiger partial charge is 0.406 e. The molecule has 0 aliphatic carbocycles. The second-order valence-electron chi connectivity index (χ2n) is 3.81. The van der Waals surface area contributed by atoms with Crippen molar-refractivity contribution in [1.82, 2.24) is 9.55 Å². The number of anilines is 1. The standard InChI is InChI=1S/C9H14N4O2/c1-11-7-10-8(13(14)15)9(11)12-5-3-2-4-6-12/h7H,2-6H2,1H3. The number of piperidine rings is 1. The van der Waals surface area contributed by atoms with Crippen molar-refractivity contribution in [2.24, 2.45) is 7.05 Å². The smallest absolute Gasteiger partial charge is 0.358 e. The molecule has 6 heteroatoms. The summed E-state index contributed by atoms with van der Waals surface area (Å²) in [6.07, 6.45) is 4.91. The molecule has 6 nitrogen and oxygen atoms in total. The summed E-state index contributed by atoms with van der Waals surface area (Å²) in [6, 6.07) is 0. The molecular formula is C9H14N4O2. The van der Waals surface area contributed by atoms with Crippen LogP contribution in [0.5, 0.6) is 0 Å². The average molecular weight is 210 g/mol. The molecule has 1 saturated heterocycles. The van der Waals surface area contributed by atoms with E-state index in [0.29, 0.717) is 5.82 Å².